The number of rotatable bonds is 6. The maximum Gasteiger partial charge on any atom is 0.271 e. The SMILES string of the molecule is CON(C)C(=O)COC/C=C/CCl. The monoisotopic (exact) mass is 207 g/mol. The van der Waals surface area contributed by atoms with E-state index in [1.165, 1.54) is 14.2 Å². The van der Waals surface area contributed by atoms with E-state index in [9.17, 15) is 4.79 Å². The molecule has 0 aliphatic rings. The Labute approximate surface area is 83.0 Å². The van der Waals surface area contributed by atoms with Crippen LogP contribution in [0.4, 0.5) is 0 Å². The van der Waals surface area contributed by atoms with Crippen LogP contribution in [0.3, 0.4) is 0 Å². The maximum absolute atomic E-state index is 11.0. The Balaban J connectivity index is 3.42. The number of nitrogens with zero attached hydrogens (tertiary/aromatic N) is 1. The number of allylic oxidation sites excluding steroid dienone is 1. The second-order valence-electron chi connectivity index (χ2n) is 2.21. The van der Waals surface area contributed by atoms with Crippen LogP contribution in [-0.2, 0) is 14.4 Å². The van der Waals surface area contributed by atoms with Gasteiger partial charge in [0.05, 0.1) is 13.7 Å². The summed E-state index contributed by atoms with van der Waals surface area (Å²) in [5.74, 6) is 0.233. The third kappa shape index (κ3) is 6.57. The molecule has 0 rings (SSSR count). The van der Waals surface area contributed by atoms with Gasteiger partial charge in [-0.05, 0) is 0 Å². The van der Waals surface area contributed by atoms with E-state index in [1.54, 1.807) is 12.2 Å². The van der Waals surface area contributed by atoms with Gasteiger partial charge in [0.25, 0.3) is 5.91 Å². The summed E-state index contributed by atoms with van der Waals surface area (Å²) in [5, 5.41) is 1.12. The molecule has 0 N–H and O–H groups in total. The van der Waals surface area contributed by atoms with Crippen molar-refractivity contribution in [2.24, 2.45) is 0 Å². The molecule has 0 unspecified atom stereocenters. The Morgan fingerprint density at radius 1 is 1.54 bits per heavy atom. The number of ether oxygens (including phenoxy) is 1. The van der Waals surface area contributed by atoms with Crippen molar-refractivity contribution in [3.8, 4) is 0 Å². The standard InChI is InChI=1S/C8H14ClNO3/c1-10(12-2)8(11)7-13-6-4-3-5-9/h3-4H,5-7H2,1-2H3/b4-3+. The van der Waals surface area contributed by atoms with E-state index in [-0.39, 0.29) is 12.5 Å². The first kappa shape index (κ1) is 12.4. The fraction of sp³-hybridized carbons (Fsp3) is 0.625. The van der Waals surface area contributed by atoms with Gasteiger partial charge in [0.1, 0.15) is 6.61 Å². The van der Waals surface area contributed by atoms with Gasteiger partial charge in [0.15, 0.2) is 0 Å². The van der Waals surface area contributed by atoms with Crippen molar-refractivity contribution >= 4 is 17.5 Å². The molecule has 76 valence electrons. The van der Waals surface area contributed by atoms with E-state index in [1.807, 2.05) is 0 Å². The summed E-state index contributed by atoms with van der Waals surface area (Å²) in [7, 11) is 2.95. The molecule has 0 aliphatic carbocycles. The lowest BCUT2D eigenvalue weighted by Crippen LogP contribution is -2.29. The summed E-state index contributed by atoms with van der Waals surface area (Å²) in [5.41, 5.74) is 0. The summed E-state index contributed by atoms with van der Waals surface area (Å²) < 4.78 is 5.00. The number of amides is 1. The maximum atomic E-state index is 11.0. The summed E-state index contributed by atoms with van der Waals surface area (Å²) in [6.07, 6.45) is 3.51. The van der Waals surface area contributed by atoms with E-state index in [4.69, 9.17) is 16.3 Å². The second-order valence-corrected chi connectivity index (χ2v) is 2.52. The quantitative estimate of drug-likeness (QED) is 0.280. The Bertz CT molecular complexity index is 173. The van der Waals surface area contributed by atoms with E-state index in [0.717, 1.165) is 5.06 Å². The molecule has 0 aliphatic heterocycles. The fourth-order valence-electron chi connectivity index (χ4n) is 0.538. The molecule has 0 bridgehead atoms. The van der Waals surface area contributed by atoms with Crippen molar-refractivity contribution in [3.05, 3.63) is 12.2 Å². The van der Waals surface area contributed by atoms with Gasteiger partial charge in [-0.15, -0.1) is 11.6 Å². The van der Waals surface area contributed by atoms with Gasteiger partial charge in [0, 0.05) is 12.9 Å². The van der Waals surface area contributed by atoms with E-state index >= 15 is 0 Å². The van der Waals surface area contributed by atoms with Gasteiger partial charge in [-0.2, -0.15) is 0 Å². The molecule has 0 aromatic carbocycles. The van der Waals surface area contributed by atoms with Gasteiger partial charge in [0.2, 0.25) is 0 Å². The molecule has 0 atom stereocenters. The van der Waals surface area contributed by atoms with Gasteiger partial charge in [-0.3, -0.25) is 9.63 Å². The van der Waals surface area contributed by atoms with Crippen LogP contribution < -0.4 is 0 Å². The van der Waals surface area contributed by atoms with Crippen molar-refractivity contribution in [1.29, 1.82) is 0 Å². The number of carbonyl (C=O) groups excluding carboxylic acids is 1. The molecule has 13 heavy (non-hydrogen) atoms. The lowest BCUT2D eigenvalue weighted by molar-refractivity contribution is -0.173. The smallest absolute Gasteiger partial charge is 0.271 e. The van der Waals surface area contributed by atoms with Crippen LogP contribution in [0.15, 0.2) is 12.2 Å². The number of hydrogen-bond acceptors (Lipinski definition) is 3. The lowest BCUT2D eigenvalue weighted by Gasteiger charge is -2.12. The molecule has 0 saturated carbocycles. The average Bonchev–Trinajstić information content (AvgIpc) is 2.16. The van der Waals surface area contributed by atoms with Crippen LogP contribution in [0.5, 0.6) is 0 Å². The van der Waals surface area contributed by atoms with Crippen LogP contribution >= 0.6 is 11.6 Å². The predicted molar refractivity (Wildman–Crippen MR) is 50.5 cm³/mol. The van der Waals surface area contributed by atoms with Gasteiger partial charge in [-0.25, -0.2) is 5.06 Å². The average molecular weight is 208 g/mol. The van der Waals surface area contributed by atoms with Crippen LogP contribution in [0.1, 0.15) is 0 Å². The van der Waals surface area contributed by atoms with Gasteiger partial charge >= 0.3 is 0 Å². The molecule has 5 heteroatoms. The first-order chi connectivity index (χ1) is 6.22. The van der Waals surface area contributed by atoms with Crippen molar-refractivity contribution in [3.63, 3.8) is 0 Å². The number of alkyl halides is 1. The molecular weight excluding hydrogens is 194 g/mol. The molecule has 0 aromatic heterocycles. The van der Waals surface area contributed by atoms with E-state index in [2.05, 4.69) is 4.84 Å². The summed E-state index contributed by atoms with van der Waals surface area (Å²) in [4.78, 5) is 15.7. The molecule has 0 aromatic rings. The summed E-state index contributed by atoms with van der Waals surface area (Å²) in [6.45, 7) is 0.396. The van der Waals surface area contributed by atoms with Crippen molar-refractivity contribution in [2.45, 2.75) is 0 Å². The molecule has 4 nitrogen and oxygen atoms in total. The lowest BCUT2D eigenvalue weighted by atomic mass is 10.5. The summed E-state index contributed by atoms with van der Waals surface area (Å²) >= 11 is 5.38. The fourth-order valence-corrected chi connectivity index (χ4v) is 0.664. The normalized spacial score (nSPS) is 10.7. The molecule has 0 saturated heterocycles. The zero-order valence-electron chi connectivity index (χ0n) is 7.83. The van der Waals surface area contributed by atoms with Gasteiger partial charge in [-0.1, -0.05) is 12.2 Å². The first-order valence-corrected chi connectivity index (χ1v) is 4.35. The Kier molecular flexibility index (Phi) is 7.68. The Morgan fingerprint density at radius 2 is 2.23 bits per heavy atom. The first-order valence-electron chi connectivity index (χ1n) is 3.81. The van der Waals surface area contributed by atoms with Crippen molar-refractivity contribution in [1.82, 2.24) is 5.06 Å². The predicted octanol–water partition coefficient (Wildman–Crippen LogP) is 0.818. The van der Waals surface area contributed by atoms with Crippen LogP contribution in [-0.4, -0.2) is 44.2 Å². The minimum Gasteiger partial charge on any atom is -0.367 e. The minimum absolute atomic E-state index is 0.0109. The van der Waals surface area contributed by atoms with E-state index in [0.29, 0.717) is 12.5 Å². The molecule has 0 heterocycles. The zero-order valence-corrected chi connectivity index (χ0v) is 8.58. The number of halogens is 1. The summed E-state index contributed by atoms with van der Waals surface area (Å²) in [6, 6.07) is 0. The molecule has 0 radical (unpaired) electrons. The third-order valence-electron chi connectivity index (χ3n) is 1.32. The number of likely N-dealkylation sites (N-methyl/N-ethyl adjacent to an activating group) is 1. The molecule has 1 amide bonds. The minimum atomic E-state index is -0.221. The van der Waals surface area contributed by atoms with Crippen molar-refractivity contribution < 1.29 is 14.4 Å². The van der Waals surface area contributed by atoms with E-state index < -0.39 is 0 Å². The topological polar surface area (TPSA) is 38.8 Å². The zero-order chi connectivity index (χ0) is 10.1. The third-order valence-corrected chi connectivity index (χ3v) is 1.50. The highest BCUT2D eigenvalue weighted by atomic mass is 35.5. The van der Waals surface area contributed by atoms with Gasteiger partial charge < -0.3 is 4.74 Å². The van der Waals surface area contributed by atoms with Crippen LogP contribution in [0.2, 0.25) is 0 Å². The molecule has 0 fully saturated rings. The number of hydroxylamine groups is 2. The van der Waals surface area contributed by atoms with Crippen LogP contribution in [0.25, 0.3) is 0 Å². The highest BCUT2D eigenvalue weighted by Crippen LogP contribution is 1.87. The molecular formula is C8H14ClNO3. The Hall–Kier alpha value is -0.580. The highest BCUT2D eigenvalue weighted by molar-refractivity contribution is 6.18. The number of carbonyl (C=O) groups is 1. The number of hydrogen-bond donors (Lipinski definition) is 0. The highest BCUT2D eigenvalue weighted by Gasteiger charge is 2.05. The molecule has 0 spiro atoms. The second kappa shape index (κ2) is 8.04. The van der Waals surface area contributed by atoms with Crippen molar-refractivity contribution in [2.75, 3.05) is 33.3 Å². The largest absolute Gasteiger partial charge is 0.367 e. The van der Waals surface area contributed by atoms with Crippen LogP contribution in [0, 0.1) is 0 Å². The Morgan fingerprint density at radius 3 is 2.77 bits per heavy atom.